The Morgan fingerprint density at radius 2 is 1.70 bits per heavy atom. The van der Waals surface area contributed by atoms with Gasteiger partial charge < -0.3 is 5.32 Å². The minimum absolute atomic E-state index is 0.0103. The minimum Gasteiger partial charge on any atom is -0.356 e. The molecule has 0 aromatic heterocycles. The molecule has 0 saturated carbocycles. The number of nitrogens with zero attached hydrogens (tertiary/aromatic N) is 1. The summed E-state index contributed by atoms with van der Waals surface area (Å²) in [4.78, 5) is 12.6. The fraction of sp³-hybridized carbons (Fsp3) is 0.667. The molecule has 1 aliphatic heterocycles. The monoisotopic (exact) mass is 394 g/mol. The summed E-state index contributed by atoms with van der Waals surface area (Å²) in [5, 5.41) is 2.98. The zero-order valence-corrected chi connectivity index (χ0v) is 18.1. The van der Waals surface area contributed by atoms with E-state index in [4.69, 9.17) is 0 Å². The third kappa shape index (κ3) is 5.79. The highest BCUT2D eigenvalue weighted by molar-refractivity contribution is 7.89. The number of hydrogen-bond donors (Lipinski definition) is 1. The first kappa shape index (κ1) is 21.9. The molecule has 0 atom stereocenters. The van der Waals surface area contributed by atoms with Gasteiger partial charge in [-0.1, -0.05) is 46.8 Å². The Balaban J connectivity index is 1.95. The number of piperidine rings is 1. The van der Waals surface area contributed by atoms with Crippen molar-refractivity contribution in [3.05, 3.63) is 29.8 Å². The highest BCUT2D eigenvalue weighted by Crippen LogP contribution is 2.27. The molecular formula is C21H34N2O3S. The molecular weight excluding hydrogens is 360 g/mol. The highest BCUT2D eigenvalue weighted by atomic mass is 32.2. The summed E-state index contributed by atoms with van der Waals surface area (Å²) >= 11 is 0. The zero-order chi connectivity index (χ0) is 20.2. The Hall–Kier alpha value is -1.40. The van der Waals surface area contributed by atoms with E-state index in [2.05, 4.69) is 39.9 Å². The van der Waals surface area contributed by atoms with Crippen LogP contribution in [0.1, 0.15) is 59.4 Å². The summed E-state index contributed by atoms with van der Waals surface area (Å²) in [5.41, 5.74) is 1.10. The average molecular weight is 395 g/mol. The minimum atomic E-state index is -3.50. The number of amides is 1. The van der Waals surface area contributed by atoms with Gasteiger partial charge in [-0.2, -0.15) is 4.31 Å². The van der Waals surface area contributed by atoms with Crippen molar-refractivity contribution >= 4 is 15.9 Å². The summed E-state index contributed by atoms with van der Waals surface area (Å²) in [6, 6.07) is 7.17. The van der Waals surface area contributed by atoms with Gasteiger partial charge in [0.15, 0.2) is 0 Å². The van der Waals surface area contributed by atoms with Crippen LogP contribution in [0.5, 0.6) is 0 Å². The maximum atomic E-state index is 12.9. The van der Waals surface area contributed by atoms with Crippen LogP contribution in [0, 0.1) is 11.8 Å². The van der Waals surface area contributed by atoms with Gasteiger partial charge in [0.1, 0.15) is 0 Å². The van der Waals surface area contributed by atoms with Crippen LogP contribution >= 0.6 is 0 Å². The third-order valence-electron chi connectivity index (χ3n) is 5.20. The van der Waals surface area contributed by atoms with Crippen LogP contribution < -0.4 is 5.32 Å². The van der Waals surface area contributed by atoms with E-state index in [0.29, 0.717) is 43.3 Å². The van der Waals surface area contributed by atoms with Crippen molar-refractivity contribution in [3.63, 3.8) is 0 Å². The molecule has 0 bridgehead atoms. The van der Waals surface area contributed by atoms with E-state index in [0.717, 1.165) is 12.0 Å². The standard InChI is InChI=1S/C21H34N2O3S/c1-16(2)10-13-22-20(24)17-11-14-23(15-12-17)27(25,26)19-8-6-18(7-9-19)21(3,4)5/h6-9,16-17H,10-15H2,1-5H3,(H,22,24). The van der Waals surface area contributed by atoms with Crippen LogP contribution in [-0.2, 0) is 20.2 Å². The summed E-state index contributed by atoms with van der Waals surface area (Å²) < 4.78 is 27.3. The molecule has 1 fully saturated rings. The number of nitrogens with one attached hydrogen (secondary N) is 1. The third-order valence-corrected chi connectivity index (χ3v) is 7.12. The molecule has 1 amide bonds. The van der Waals surface area contributed by atoms with Gasteiger partial charge in [-0.05, 0) is 48.3 Å². The van der Waals surface area contributed by atoms with Gasteiger partial charge in [0.2, 0.25) is 15.9 Å². The SMILES string of the molecule is CC(C)CCNC(=O)C1CCN(S(=O)(=O)c2ccc(C(C)(C)C)cc2)CC1. The largest absolute Gasteiger partial charge is 0.356 e. The molecule has 0 radical (unpaired) electrons. The molecule has 1 aromatic carbocycles. The number of rotatable bonds is 6. The Morgan fingerprint density at radius 3 is 2.19 bits per heavy atom. The number of hydrogen-bond acceptors (Lipinski definition) is 3. The lowest BCUT2D eigenvalue weighted by Crippen LogP contribution is -2.43. The van der Waals surface area contributed by atoms with Crippen molar-refractivity contribution in [1.82, 2.24) is 9.62 Å². The molecule has 0 aliphatic carbocycles. The van der Waals surface area contributed by atoms with Gasteiger partial charge in [-0.15, -0.1) is 0 Å². The van der Waals surface area contributed by atoms with E-state index in [-0.39, 0.29) is 17.2 Å². The second kappa shape index (κ2) is 8.74. The van der Waals surface area contributed by atoms with Crippen molar-refractivity contribution < 1.29 is 13.2 Å². The normalized spacial score (nSPS) is 17.3. The first-order chi connectivity index (χ1) is 12.5. The lowest BCUT2D eigenvalue weighted by atomic mass is 9.87. The molecule has 0 unspecified atom stereocenters. The molecule has 5 nitrogen and oxygen atoms in total. The maximum Gasteiger partial charge on any atom is 0.243 e. The molecule has 1 N–H and O–H groups in total. The molecule has 6 heteroatoms. The van der Waals surface area contributed by atoms with E-state index >= 15 is 0 Å². The van der Waals surface area contributed by atoms with Crippen molar-refractivity contribution in [1.29, 1.82) is 0 Å². The van der Waals surface area contributed by atoms with Gasteiger partial charge in [0, 0.05) is 25.6 Å². The number of carbonyl (C=O) groups excluding carboxylic acids is 1. The molecule has 2 rings (SSSR count). The van der Waals surface area contributed by atoms with Gasteiger partial charge in [0.05, 0.1) is 4.90 Å². The lowest BCUT2D eigenvalue weighted by Gasteiger charge is -2.30. The summed E-state index contributed by atoms with van der Waals surface area (Å²) in [5.74, 6) is 0.524. The molecule has 1 saturated heterocycles. The Labute approximate surface area is 164 Å². The van der Waals surface area contributed by atoms with Gasteiger partial charge in [0.25, 0.3) is 0 Å². The first-order valence-corrected chi connectivity index (χ1v) is 11.3. The highest BCUT2D eigenvalue weighted by Gasteiger charge is 2.32. The topological polar surface area (TPSA) is 66.5 Å². The smallest absolute Gasteiger partial charge is 0.243 e. The van der Waals surface area contributed by atoms with Gasteiger partial charge in [-0.3, -0.25) is 4.79 Å². The van der Waals surface area contributed by atoms with Crippen LogP contribution in [-0.4, -0.2) is 38.3 Å². The number of carbonyl (C=O) groups is 1. The predicted molar refractivity (Wildman–Crippen MR) is 109 cm³/mol. The Kier molecular flexibility index (Phi) is 7.09. The fourth-order valence-corrected chi connectivity index (χ4v) is 4.73. The summed E-state index contributed by atoms with van der Waals surface area (Å²) in [6.07, 6.45) is 2.11. The quantitative estimate of drug-likeness (QED) is 0.802. The van der Waals surface area contributed by atoms with Crippen LogP contribution in [0.25, 0.3) is 0 Å². The Bertz CT molecular complexity index is 726. The summed E-state index contributed by atoms with van der Waals surface area (Å²) in [7, 11) is -3.50. The van der Waals surface area contributed by atoms with Gasteiger partial charge in [-0.25, -0.2) is 8.42 Å². The van der Waals surface area contributed by atoms with Crippen LogP contribution in [0.3, 0.4) is 0 Å². The average Bonchev–Trinajstić information content (AvgIpc) is 2.61. The second-order valence-electron chi connectivity index (χ2n) is 8.93. The molecule has 27 heavy (non-hydrogen) atoms. The van der Waals surface area contributed by atoms with Crippen LogP contribution in [0.2, 0.25) is 0 Å². The summed E-state index contributed by atoms with van der Waals surface area (Å²) in [6.45, 7) is 12.0. The van der Waals surface area contributed by atoms with E-state index in [1.807, 2.05) is 12.1 Å². The Morgan fingerprint density at radius 1 is 1.15 bits per heavy atom. The van der Waals surface area contributed by atoms with Gasteiger partial charge >= 0.3 is 0 Å². The second-order valence-corrected chi connectivity index (χ2v) is 10.9. The van der Waals surface area contributed by atoms with E-state index in [1.54, 1.807) is 12.1 Å². The molecule has 1 aliphatic rings. The number of sulfonamides is 1. The van der Waals surface area contributed by atoms with E-state index in [1.165, 1.54) is 4.31 Å². The van der Waals surface area contributed by atoms with Crippen molar-refractivity contribution in [2.75, 3.05) is 19.6 Å². The number of benzene rings is 1. The fourth-order valence-electron chi connectivity index (χ4n) is 3.26. The predicted octanol–water partition coefficient (Wildman–Crippen LogP) is 3.55. The zero-order valence-electron chi connectivity index (χ0n) is 17.3. The molecule has 1 heterocycles. The van der Waals surface area contributed by atoms with E-state index in [9.17, 15) is 13.2 Å². The molecule has 1 aromatic rings. The molecule has 0 spiro atoms. The lowest BCUT2D eigenvalue weighted by molar-refractivity contribution is -0.126. The van der Waals surface area contributed by atoms with Crippen molar-refractivity contribution in [3.8, 4) is 0 Å². The van der Waals surface area contributed by atoms with E-state index < -0.39 is 10.0 Å². The maximum absolute atomic E-state index is 12.9. The van der Waals surface area contributed by atoms with Crippen LogP contribution in [0.15, 0.2) is 29.2 Å². The van der Waals surface area contributed by atoms with Crippen molar-refractivity contribution in [2.24, 2.45) is 11.8 Å². The van der Waals surface area contributed by atoms with Crippen LogP contribution in [0.4, 0.5) is 0 Å². The van der Waals surface area contributed by atoms with Crippen molar-refractivity contribution in [2.45, 2.75) is 64.2 Å². The first-order valence-electron chi connectivity index (χ1n) is 9.90. The molecule has 152 valence electrons.